The zero-order valence-corrected chi connectivity index (χ0v) is 19.8. The summed E-state index contributed by atoms with van der Waals surface area (Å²) in [5.74, 6) is 0.538. The minimum absolute atomic E-state index is 0.0183. The van der Waals surface area contributed by atoms with E-state index in [2.05, 4.69) is 22.6 Å². The molecule has 0 bridgehead atoms. The summed E-state index contributed by atoms with van der Waals surface area (Å²) in [6.07, 6.45) is 1.45. The predicted octanol–water partition coefficient (Wildman–Crippen LogP) is 3.08. The fraction of sp³-hybridized carbons (Fsp3) is 0.440. The van der Waals surface area contributed by atoms with Crippen LogP contribution in [-0.2, 0) is 11.3 Å². The van der Waals surface area contributed by atoms with Gasteiger partial charge in [-0.1, -0.05) is 12.1 Å². The van der Waals surface area contributed by atoms with E-state index in [4.69, 9.17) is 0 Å². The van der Waals surface area contributed by atoms with Gasteiger partial charge < -0.3 is 24.4 Å². The molecule has 0 saturated carbocycles. The van der Waals surface area contributed by atoms with E-state index in [0.29, 0.717) is 25.3 Å². The zero-order chi connectivity index (χ0) is 22.9. The molecule has 4 heterocycles. The Morgan fingerprint density at radius 1 is 0.970 bits per heavy atom. The number of piperazine rings is 1. The van der Waals surface area contributed by atoms with Crippen LogP contribution in [0.2, 0.25) is 0 Å². The molecule has 0 radical (unpaired) electrons. The van der Waals surface area contributed by atoms with Gasteiger partial charge in [0.1, 0.15) is 11.4 Å². The Labute approximate surface area is 197 Å². The van der Waals surface area contributed by atoms with Crippen LogP contribution in [0.25, 0.3) is 10.2 Å². The van der Waals surface area contributed by atoms with Crippen LogP contribution in [0.4, 0.5) is 0 Å². The van der Waals surface area contributed by atoms with Crippen LogP contribution in [0, 0.1) is 5.92 Å². The number of carbonyl (C=O) groups is 2. The van der Waals surface area contributed by atoms with E-state index >= 15 is 0 Å². The quantitative estimate of drug-likeness (QED) is 0.642. The molecular weight excluding hydrogens is 436 g/mol. The minimum atomic E-state index is 0.0183. The summed E-state index contributed by atoms with van der Waals surface area (Å²) >= 11 is 1.63. The van der Waals surface area contributed by atoms with Crippen LogP contribution in [0.1, 0.15) is 28.9 Å². The summed E-state index contributed by atoms with van der Waals surface area (Å²) in [5, 5.41) is 11.6. The molecule has 174 valence electrons. The summed E-state index contributed by atoms with van der Waals surface area (Å²) in [6, 6.07) is 11.2. The number of hydrogen-bond acceptors (Lipinski definition) is 5. The summed E-state index contributed by atoms with van der Waals surface area (Å²) < 4.78 is 3.17. The lowest BCUT2D eigenvalue weighted by molar-refractivity contribution is -0.138. The van der Waals surface area contributed by atoms with Crippen molar-refractivity contribution in [2.45, 2.75) is 19.4 Å². The Balaban J connectivity index is 1.28. The molecule has 7 nitrogen and oxygen atoms in total. The second-order valence-electron chi connectivity index (χ2n) is 9.15. The van der Waals surface area contributed by atoms with Crippen molar-refractivity contribution in [2.24, 2.45) is 5.92 Å². The van der Waals surface area contributed by atoms with Crippen LogP contribution < -0.4 is 0 Å². The van der Waals surface area contributed by atoms with Crippen molar-refractivity contribution in [3.05, 3.63) is 53.0 Å². The predicted molar refractivity (Wildman–Crippen MR) is 130 cm³/mol. The first-order chi connectivity index (χ1) is 16.0. The van der Waals surface area contributed by atoms with Gasteiger partial charge in [0.2, 0.25) is 5.91 Å². The highest BCUT2D eigenvalue weighted by molar-refractivity contribution is 7.17. The Kier molecular flexibility index (Phi) is 6.12. The summed E-state index contributed by atoms with van der Waals surface area (Å²) in [5.41, 5.74) is 2.77. The number of phenols is 1. The molecule has 2 fully saturated rings. The second-order valence-corrected chi connectivity index (χ2v) is 10.1. The molecule has 3 aromatic rings. The number of amides is 2. The molecule has 0 unspecified atom stereocenters. The minimum Gasteiger partial charge on any atom is -0.508 e. The first kappa shape index (κ1) is 22.0. The van der Waals surface area contributed by atoms with Crippen molar-refractivity contribution in [1.82, 2.24) is 19.3 Å². The zero-order valence-electron chi connectivity index (χ0n) is 18.9. The van der Waals surface area contributed by atoms with Crippen molar-refractivity contribution < 1.29 is 14.7 Å². The van der Waals surface area contributed by atoms with Crippen molar-refractivity contribution in [2.75, 3.05) is 46.3 Å². The van der Waals surface area contributed by atoms with Gasteiger partial charge in [0.25, 0.3) is 5.91 Å². The normalized spacial score (nSPS) is 18.2. The second kappa shape index (κ2) is 9.19. The molecule has 0 atom stereocenters. The number of nitrogens with zero attached hydrogens (tertiary/aromatic N) is 4. The monoisotopic (exact) mass is 466 g/mol. The van der Waals surface area contributed by atoms with E-state index in [1.54, 1.807) is 23.5 Å². The smallest absolute Gasteiger partial charge is 0.270 e. The van der Waals surface area contributed by atoms with Gasteiger partial charge >= 0.3 is 0 Å². The lowest BCUT2D eigenvalue weighted by Crippen LogP contribution is -2.51. The lowest BCUT2D eigenvalue weighted by atomic mass is 9.94. The maximum absolute atomic E-state index is 13.5. The summed E-state index contributed by atoms with van der Waals surface area (Å²) in [4.78, 5) is 32.6. The number of benzene rings is 1. The molecule has 33 heavy (non-hydrogen) atoms. The SMILES string of the molecule is CN1CCN(C(=O)C2CCN(C(=O)c3cc4sccc4n3Cc3ccc(O)cc3)CC2)CC1. The van der Waals surface area contributed by atoms with Crippen molar-refractivity contribution in [3.8, 4) is 5.75 Å². The Hall–Kier alpha value is -2.84. The molecule has 0 spiro atoms. The Bertz CT molecular complexity index is 1140. The van der Waals surface area contributed by atoms with Crippen molar-refractivity contribution in [1.29, 1.82) is 0 Å². The van der Waals surface area contributed by atoms with Gasteiger partial charge in [-0.3, -0.25) is 9.59 Å². The molecule has 8 heteroatoms. The van der Waals surface area contributed by atoms with Crippen LogP contribution in [-0.4, -0.2) is 82.5 Å². The molecule has 5 rings (SSSR count). The number of hydrogen-bond donors (Lipinski definition) is 1. The van der Waals surface area contributed by atoms with Gasteiger partial charge in [0, 0.05) is 51.7 Å². The highest BCUT2D eigenvalue weighted by atomic mass is 32.1. The largest absolute Gasteiger partial charge is 0.508 e. The average molecular weight is 467 g/mol. The van der Waals surface area contributed by atoms with Gasteiger partial charge in [-0.2, -0.15) is 0 Å². The molecule has 0 aliphatic carbocycles. The highest BCUT2D eigenvalue weighted by Gasteiger charge is 2.32. The van der Waals surface area contributed by atoms with Gasteiger partial charge in [0.05, 0.1) is 10.2 Å². The molecular formula is C25H30N4O3S. The molecule has 2 saturated heterocycles. The maximum atomic E-state index is 13.5. The van der Waals surface area contributed by atoms with E-state index in [1.165, 1.54) is 0 Å². The first-order valence-corrected chi connectivity index (χ1v) is 12.5. The molecule has 2 aliphatic rings. The molecule has 1 N–H and O–H groups in total. The third kappa shape index (κ3) is 4.50. The van der Waals surface area contributed by atoms with Crippen LogP contribution in [0.5, 0.6) is 5.75 Å². The Morgan fingerprint density at radius 2 is 1.67 bits per heavy atom. The van der Waals surface area contributed by atoms with E-state index in [0.717, 1.165) is 54.8 Å². The molecule has 2 amide bonds. The topological polar surface area (TPSA) is 69.0 Å². The standard InChI is InChI=1S/C25H30N4O3S/c1-26-11-13-28(14-12-26)24(31)19-6-9-27(10-7-19)25(32)22-16-23-21(8-15-33-23)29(22)17-18-2-4-20(30)5-3-18/h2-5,8,15-16,19,30H,6-7,9-14,17H2,1H3. The number of carbonyl (C=O) groups excluding carboxylic acids is 2. The number of likely N-dealkylation sites (N-methyl/N-ethyl adjacent to an activating group) is 1. The number of aromatic nitrogens is 1. The fourth-order valence-corrected chi connectivity index (χ4v) is 5.71. The van der Waals surface area contributed by atoms with Crippen molar-refractivity contribution in [3.63, 3.8) is 0 Å². The van der Waals surface area contributed by atoms with E-state index in [1.807, 2.05) is 33.4 Å². The van der Waals surface area contributed by atoms with Gasteiger partial charge in [0.15, 0.2) is 0 Å². The van der Waals surface area contributed by atoms with Gasteiger partial charge in [-0.25, -0.2) is 0 Å². The van der Waals surface area contributed by atoms with Crippen LogP contribution in [0.3, 0.4) is 0 Å². The van der Waals surface area contributed by atoms with Crippen LogP contribution in [0.15, 0.2) is 41.8 Å². The first-order valence-electron chi connectivity index (χ1n) is 11.6. The van der Waals surface area contributed by atoms with Gasteiger partial charge in [-0.15, -0.1) is 11.3 Å². The third-order valence-corrected chi connectivity index (χ3v) is 7.82. The number of thiophene rings is 1. The number of aromatic hydroxyl groups is 1. The number of rotatable bonds is 4. The molecule has 1 aromatic carbocycles. The highest BCUT2D eigenvalue weighted by Crippen LogP contribution is 2.29. The number of likely N-dealkylation sites (tertiary alicyclic amines) is 1. The van der Waals surface area contributed by atoms with E-state index < -0.39 is 0 Å². The van der Waals surface area contributed by atoms with Gasteiger partial charge in [-0.05, 0) is 55.1 Å². The van der Waals surface area contributed by atoms with E-state index in [9.17, 15) is 14.7 Å². The van der Waals surface area contributed by atoms with Crippen molar-refractivity contribution >= 4 is 33.4 Å². The van der Waals surface area contributed by atoms with E-state index in [-0.39, 0.29) is 23.5 Å². The third-order valence-electron chi connectivity index (χ3n) is 6.97. The lowest BCUT2D eigenvalue weighted by Gasteiger charge is -2.37. The molecule has 2 aromatic heterocycles. The maximum Gasteiger partial charge on any atom is 0.270 e. The number of fused-ring (bicyclic) bond motifs is 1. The number of piperidine rings is 1. The number of phenolic OH excluding ortho intramolecular Hbond substituents is 1. The average Bonchev–Trinajstić information content (AvgIpc) is 3.43. The molecule has 2 aliphatic heterocycles. The Morgan fingerprint density at radius 3 is 2.36 bits per heavy atom. The summed E-state index contributed by atoms with van der Waals surface area (Å²) in [7, 11) is 2.09. The summed E-state index contributed by atoms with van der Waals surface area (Å²) in [6.45, 7) is 5.25. The fourth-order valence-electron chi connectivity index (χ4n) is 4.89. The van der Waals surface area contributed by atoms with Crippen LogP contribution >= 0.6 is 11.3 Å².